The Morgan fingerprint density at radius 3 is 2.54 bits per heavy atom. The summed E-state index contributed by atoms with van der Waals surface area (Å²) in [5.74, 6) is -0.105. The van der Waals surface area contributed by atoms with E-state index in [0.717, 1.165) is 5.69 Å². The van der Waals surface area contributed by atoms with Crippen molar-refractivity contribution in [1.29, 1.82) is 0 Å². The Bertz CT molecular complexity index is 374. The average Bonchev–Trinajstić information content (AvgIpc) is 2.02. The molecule has 0 aliphatic rings. The van der Waals surface area contributed by atoms with Crippen molar-refractivity contribution in [2.45, 2.75) is 13.3 Å². The van der Waals surface area contributed by atoms with Gasteiger partial charge in [0.1, 0.15) is 0 Å². The molecule has 0 amide bonds. The van der Waals surface area contributed by atoms with Crippen molar-refractivity contribution in [3.05, 3.63) is 23.8 Å². The fraction of sp³-hybridized carbons (Fsp3) is 0.429. The monoisotopic (exact) mass is 220 g/mol. The zero-order valence-electron chi connectivity index (χ0n) is 7.07. The quantitative estimate of drug-likeness (QED) is 0.710. The third kappa shape index (κ3) is 4.19. The van der Waals surface area contributed by atoms with Crippen molar-refractivity contribution >= 4 is 19.7 Å². The highest BCUT2D eigenvalue weighted by atomic mass is 35.7. The van der Waals surface area contributed by atoms with Crippen LogP contribution in [0.4, 0.5) is 0 Å². The number of aryl methyl sites for hydroxylation is 2. The summed E-state index contributed by atoms with van der Waals surface area (Å²) in [6.07, 6.45) is 3.45. The van der Waals surface area contributed by atoms with Gasteiger partial charge >= 0.3 is 0 Å². The van der Waals surface area contributed by atoms with E-state index in [1.807, 2.05) is 6.92 Å². The summed E-state index contributed by atoms with van der Waals surface area (Å²) in [5, 5.41) is 0. The Kier molecular flexibility index (Phi) is 3.22. The highest BCUT2D eigenvalue weighted by molar-refractivity contribution is 8.13. The van der Waals surface area contributed by atoms with Gasteiger partial charge in [0, 0.05) is 29.5 Å². The zero-order chi connectivity index (χ0) is 9.90. The van der Waals surface area contributed by atoms with E-state index in [2.05, 4.69) is 9.97 Å². The van der Waals surface area contributed by atoms with E-state index in [1.54, 1.807) is 12.4 Å². The van der Waals surface area contributed by atoms with Crippen molar-refractivity contribution in [3.8, 4) is 0 Å². The van der Waals surface area contributed by atoms with E-state index in [1.165, 1.54) is 0 Å². The maximum atomic E-state index is 10.6. The number of halogens is 1. The van der Waals surface area contributed by atoms with Gasteiger partial charge in [-0.3, -0.25) is 9.97 Å². The van der Waals surface area contributed by atoms with Crippen LogP contribution in [0.15, 0.2) is 12.4 Å². The van der Waals surface area contributed by atoms with Gasteiger partial charge in [0.25, 0.3) is 0 Å². The summed E-state index contributed by atoms with van der Waals surface area (Å²) in [6, 6.07) is 0. The largest absolute Gasteiger partial charge is 0.258 e. The maximum Gasteiger partial charge on any atom is 0.232 e. The summed E-state index contributed by atoms with van der Waals surface area (Å²) in [5.41, 5.74) is 1.44. The van der Waals surface area contributed by atoms with Crippen molar-refractivity contribution in [1.82, 2.24) is 9.97 Å². The molecular weight excluding hydrogens is 212 g/mol. The van der Waals surface area contributed by atoms with Gasteiger partial charge in [0.15, 0.2) is 0 Å². The SMILES string of the molecule is Cc1cnc(CCS(=O)(=O)Cl)cn1. The molecule has 1 heterocycles. The first-order valence-electron chi connectivity index (χ1n) is 3.67. The van der Waals surface area contributed by atoms with Gasteiger partial charge < -0.3 is 0 Å². The van der Waals surface area contributed by atoms with Gasteiger partial charge in [0.05, 0.1) is 17.1 Å². The Hall–Kier alpha value is -0.680. The van der Waals surface area contributed by atoms with Crippen molar-refractivity contribution < 1.29 is 8.42 Å². The summed E-state index contributed by atoms with van der Waals surface area (Å²) >= 11 is 0. The van der Waals surface area contributed by atoms with Crippen LogP contribution < -0.4 is 0 Å². The Morgan fingerprint density at radius 2 is 2.08 bits per heavy atom. The first-order valence-corrected chi connectivity index (χ1v) is 6.15. The van der Waals surface area contributed by atoms with Gasteiger partial charge in [-0.05, 0) is 6.92 Å². The highest BCUT2D eigenvalue weighted by Gasteiger charge is 2.06. The normalized spacial score (nSPS) is 11.5. The smallest absolute Gasteiger partial charge is 0.232 e. The standard InChI is InChI=1S/C7H9ClN2O2S/c1-6-4-10-7(5-9-6)2-3-13(8,11)12/h4-5H,2-3H2,1H3. The van der Waals surface area contributed by atoms with Crippen LogP contribution in [-0.2, 0) is 15.5 Å². The lowest BCUT2D eigenvalue weighted by Crippen LogP contribution is -2.03. The predicted molar refractivity (Wildman–Crippen MR) is 50.1 cm³/mol. The molecule has 0 unspecified atom stereocenters. The summed E-state index contributed by atoms with van der Waals surface area (Å²) < 4.78 is 21.2. The van der Waals surface area contributed by atoms with Crippen LogP contribution in [0.5, 0.6) is 0 Å². The maximum absolute atomic E-state index is 10.6. The summed E-state index contributed by atoms with van der Waals surface area (Å²) in [4.78, 5) is 7.98. The van der Waals surface area contributed by atoms with Crippen LogP contribution in [0.1, 0.15) is 11.4 Å². The highest BCUT2D eigenvalue weighted by Crippen LogP contribution is 2.01. The molecule has 0 saturated heterocycles. The second-order valence-electron chi connectivity index (χ2n) is 2.64. The lowest BCUT2D eigenvalue weighted by atomic mass is 10.3. The molecule has 0 spiro atoms. The molecule has 0 aliphatic carbocycles. The van der Waals surface area contributed by atoms with Crippen LogP contribution in [0.2, 0.25) is 0 Å². The lowest BCUT2D eigenvalue weighted by molar-refractivity contribution is 0.608. The molecule has 6 heteroatoms. The molecule has 0 saturated carbocycles. The predicted octanol–water partition coefficient (Wildman–Crippen LogP) is 0.896. The van der Waals surface area contributed by atoms with Gasteiger partial charge in [-0.2, -0.15) is 0 Å². The number of rotatable bonds is 3. The number of nitrogens with zero attached hydrogens (tertiary/aromatic N) is 2. The molecule has 1 aromatic heterocycles. The first kappa shape index (κ1) is 10.4. The van der Waals surface area contributed by atoms with Crippen LogP contribution in [0, 0.1) is 6.92 Å². The third-order valence-corrected chi connectivity index (χ3v) is 2.59. The summed E-state index contributed by atoms with van der Waals surface area (Å²) in [6.45, 7) is 1.81. The average molecular weight is 221 g/mol. The minimum atomic E-state index is -3.43. The fourth-order valence-electron chi connectivity index (χ4n) is 0.775. The van der Waals surface area contributed by atoms with Crippen molar-refractivity contribution in [2.24, 2.45) is 0 Å². The lowest BCUT2D eigenvalue weighted by Gasteiger charge is -1.97. The van der Waals surface area contributed by atoms with Crippen LogP contribution in [0.3, 0.4) is 0 Å². The van der Waals surface area contributed by atoms with E-state index in [4.69, 9.17) is 10.7 Å². The zero-order valence-corrected chi connectivity index (χ0v) is 8.64. The van der Waals surface area contributed by atoms with E-state index in [9.17, 15) is 8.42 Å². The molecule has 4 nitrogen and oxygen atoms in total. The van der Waals surface area contributed by atoms with E-state index < -0.39 is 9.05 Å². The van der Waals surface area contributed by atoms with Gasteiger partial charge in [-0.1, -0.05) is 0 Å². The van der Waals surface area contributed by atoms with Gasteiger partial charge in [0.2, 0.25) is 9.05 Å². The molecule has 0 bridgehead atoms. The van der Waals surface area contributed by atoms with Crippen LogP contribution in [0.25, 0.3) is 0 Å². The molecule has 0 N–H and O–H groups in total. The molecule has 1 aromatic rings. The second-order valence-corrected chi connectivity index (χ2v) is 5.54. The van der Waals surface area contributed by atoms with Gasteiger partial charge in [-0.15, -0.1) is 0 Å². The van der Waals surface area contributed by atoms with Crippen molar-refractivity contribution in [3.63, 3.8) is 0 Å². The molecule has 0 radical (unpaired) electrons. The number of hydrogen-bond acceptors (Lipinski definition) is 4. The third-order valence-electron chi connectivity index (χ3n) is 1.44. The van der Waals surface area contributed by atoms with Crippen LogP contribution >= 0.6 is 10.7 Å². The van der Waals surface area contributed by atoms with E-state index in [-0.39, 0.29) is 5.75 Å². The molecule has 72 valence electrons. The fourth-order valence-corrected chi connectivity index (χ4v) is 1.46. The Labute approximate surface area is 81.4 Å². The van der Waals surface area contributed by atoms with Gasteiger partial charge in [-0.25, -0.2) is 8.42 Å². The molecule has 0 aromatic carbocycles. The molecule has 0 aliphatic heterocycles. The van der Waals surface area contributed by atoms with E-state index >= 15 is 0 Å². The molecule has 13 heavy (non-hydrogen) atoms. The molecule has 0 atom stereocenters. The number of aromatic nitrogens is 2. The first-order chi connectivity index (χ1) is 5.97. The van der Waals surface area contributed by atoms with Crippen LogP contribution in [-0.4, -0.2) is 24.1 Å². The summed E-state index contributed by atoms with van der Waals surface area (Å²) in [7, 11) is 1.61. The molecular formula is C7H9ClN2O2S. The second kappa shape index (κ2) is 4.02. The Balaban J connectivity index is 2.61. The topological polar surface area (TPSA) is 59.9 Å². The molecule has 0 fully saturated rings. The number of hydrogen-bond donors (Lipinski definition) is 0. The van der Waals surface area contributed by atoms with E-state index in [0.29, 0.717) is 12.1 Å². The minimum absolute atomic E-state index is 0.105. The minimum Gasteiger partial charge on any atom is -0.258 e. The Morgan fingerprint density at radius 1 is 1.38 bits per heavy atom. The van der Waals surface area contributed by atoms with Crippen molar-refractivity contribution in [2.75, 3.05) is 5.75 Å². The molecule has 1 rings (SSSR count).